The summed E-state index contributed by atoms with van der Waals surface area (Å²) in [5.74, 6) is -1.00. The van der Waals surface area contributed by atoms with Gasteiger partial charge in [-0.1, -0.05) is 29.8 Å². The van der Waals surface area contributed by atoms with Crippen molar-refractivity contribution in [3.8, 4) is 0 Å². The standard InChI is InChI=1S/C18H18ClN3O3/c1-22(2)18(25)12-6-5-7-13(10-12)21-16(23)11-20-17(24)14-8-3-4-9-15(14)19/h3-10H,11H2,1-2H3,(H,20,24)(H,21,23). The van der Waals surface area contributed by atoms with Crippen molar-refractivity contribution in [1.29, 1.82) is 0 Å². The van der Waals surface area contributed by atoms with Gasteiger partial charge in [-0.3, -0.25) is 14.4 Å². The number of nitrogens with one attached hydrogen (secondary N) is 2. The first-order chi connectivity index (χ1) is 11.9. The number of anilines is 1. The van der Waals surface area contributed by atoms with Gasteiger partial charge >= 0.3 is 0 Å². The molecular formula is C18H18ClN3O3. The molecule has 3 amide bonds. The minimum atomic E-state index is -0.433. The second-order valence-electron chi connectivity index (χ2n) is 5.49. The van der Waals surface area contributed by atoms with Gasteiger partial charge in [0.15, 0.2) is 0 Å². The lowest BCUT2D eigenvalue weighted by Gasteiger charge is -2.12. The second-order valence-corrected chi connectivity index (χ2v) is 5.90. The Bertz CT molecular complexity index is 806. The first kappa shape index (κ1) is 18.5. The Morgan fingerprint density at radius 3 is 2.44 bits per heavy atom. The molecule has 0 bridgehead atoms. The molecule has 0 radical (unpaired) electrons. The lowest BCUT2D eigenvalue weighted by atomic mass is 10.2. The number of carbonyl (C=O) groups excluding carboxylic acids is 3. The van der Waals surface area contributed by atoms with Gasteiger partial charge in [0, 0.05) is 25.3 Å². The van der Waals surface area contributed by atoms with E-state index in [-0.39, 0.29) is 12.5 Å². The summed E-state index contributed by atoms with van der Waals surface area (Å²) in [5, 5.41) is 5.46. The summed E-state index contributed by atoms with van der Waals surface area (Å²) in [5.41, 5.74) is 1.24. The third-order valence-corrected chi connectivity index (χ3v) is 3.66. The van der Waals surface area contributed by atoms with Crippen LogP contribution in [0.1, 0.15) is 20.7 Å². The number of rotatable bonds is 5. The summed E-state index contributed by atoms with van der Waals surface area (Å²) in [4.78, 5) is 37.4. The van der Waals surface area contributed by atoms with Crippen molar-refractivity contribution in [3.63, 3.8) is 0 Å². The van der Waals surface area contributed by atoms with E-state index < -0.39 is 11.8 Å². The lowest BCUT2D eigenvalue weighted by Crippen LogP contribution is -2.33. The molecule has 0 unspecified atom stereocenters. The highest BCUT2D eigenvalue weighted by molar-refractivity contribution is 6.33. The van der Waals surface area contributed by atoms with E-state index in [4.69, 9.17) is 11.6 Å². The van der Waals surface area contributed by atoms with Crippen molar-refractivity contribution in [1.82, 2.24) is 10.2 Å². The van der Waals surface area contributed by atoms with Crippen LogP contribution >= 0.6 is 11.6 Å². The van der Waals surface area contributed by atoms with Gasteiger partial charge in [-0.15, -0.1) is 0 Å². The normalized spacial score (nSPS) is 10.0. The Balaban J connectivity index is 1.95. The van der Waals surface area contributed by atoms with Gasteiger partial charge in [0.05, 0.1) is 17.1 Å². The van der Waals surface area contributed by atoms with E-state index in [0.29, 0.717) is 21.8 Å². The van der Waals surface area contributed by atoms with Crippen LogP contribution in [0.25, 0.3) is 0 Å². The maximum Gasteiger partial charge on any atom is 0.253 e. The quantitative estimate of drug-likeness (QED) is 0.860. The fraction of sp³-hybridized carbons (Fsp3) is 0.167. The molecule has 2 aromatic carbocycles. The summed E-state index contributed by atoms with van der Waals surface area (Å²) in [7, 11) is 3.30. The van der Waals surface area contributed by atoms with E-state index in [9.17, 15) is 14.4 Å². The van der Waals surface area contributed by atoms with Gasteiger partial charge in [0.1, 0.15) is 0 Å². The van der Waals surface area contributed by atoms with E-state index in [1.165, 1.54) is 4.90 Å². The molecule has 130 valence electrons. The van der Waals surface area contributed by atoms with E-state index in [2.05, 4.69) is 10.6 Å². The largest absolute Gasteiger partial charge is 0.345 e. The van der Waals surface area contributed by atoms with Crippen molar-refractivity contribution in [3.05, 3.63) is 64.7 Å². The zero-order chi connectivity index (χ0) is 18.4. The predicted octanol–water partition coefficient (Wildman–Crippen LogP) is 2.41. The molecule has 7 heteroatoms. The third-order valence-electron chi connectivity index (χ3n) is 3.33. The molecule has 0 aromatic heterocycles. The van der Waals surface area contributed by atoms with Crippen LogP contribution in [0.3, 0.4) is 0 Å². The molecule has 0 atom stereocenters. The fourth-order valence-corrected chi connectivity index (χ4v) is 2.32. The number of benzene rings is 2. The minimum Gasteiger partial charge on any atom is -0.345 e. The lowest BCUT2D eigenvalue weighted by molar-refractivity contribution is -0.115. The molecular weight excluding hydrogens is 342 g/mol. The highest BCUT2D eigenvalue weighted by Crippen LogP contribution is 2.14. The second kappa shape index (κ2) is 8.30. The summed E-state index contributed by atoms with van der Waals surface area (Å²) in [6.45, 7) is -0.212. The monoisotopic (exact) mass is 359 g/mol. The molecule has 0 heterocycles. The number of carbonyl (C=O) groups is 3. The molecule has 6 nitrogen and oxygen atoms in total. The number of halogens is 1. The number of hydrogen-bond acceptors (Lipinski definition) is 3. The first-order valence-electron chi connectivity index (χ1n) is 7.53. The smallest absolute Gasteiger partial charge is 0.253 e. The number of hydrogen-bond donors (Lipinski definition) is 2. The molecule has 2 N–H and O–H groups in total. The van der Waals surface area contributed by atoms with Crippen molar-refractivity contribution in [2.75, 3.05) is 26.0 Å². The van der Waals surface area contributed by atoms with Crippen molar-refractivity contribution in [2.24, 2.45) is 0 Å². The average molecular weight is 360 g/mol. The zero-order valence-electron chi connectivity index (χ0n) is 13.9. The van der Waals surface area contributed by atoms with E-state index in [0.717, 1.165) is 0 Å². The zero-order valence-corrected chi connectivity index (χ0v) is 14.6. The Kier molecular flexibility index (Phi) is 6.14. The molecule has 0 aliphatic carbocycles. The number of amides is 3. The first-order valence-corrected chi connectivity index (χ1v) is 7.90. The van der Waals surface area contributed by atoms with Crippen LogP contribution in [-0.4, -0.2) is 43.3 Å². The van der Waals surface area contributed by atoms with Crippen LogP contribution < -0.4 is 10.6 Å². The maximum atomic E-state index is 12.0. The van der Waals surface area contributed by atoms with Crippen LogP contribution in [0.2, 0.25) is 5.02 Å². The molecule has 0 saturated heterocycles. The van der Waals surface area contributed by atoms with Crippen LogP contribution in [0.5, 0.6) is 0 Å². The minimum absolute atomic E-state index is 0.164. The Morgan fingerprint density at radius 2 is 1.76 bits per heavy atom. The van der Waals surface area contributed by atoms with Crippen LogP contribution in [0, 0.1) is 0 Å². The fourth-order valence-electron chi connectivity index (χ4n) is 2.09. The van der Waals surface area contributed by atoms with Crippen molar-refractivity contribution >= 4 is 35.0 Å². The van der Waals surface area contributed by atoms with Crippen molar-refractivity contribution < 1.29 is 14.4 Å². The topological polar surface area (TPSA) is 78.5 Å². The molecule has 0 fully saturated rings. The van der Waals surface area contributed by atoms with Crippen molar-refractivity contribution in [2.45, 2.75) is 0 Å². The van der Waals surface area contributed by atoms with E-state index in [1.54, 1.807) is 62.6 Å². The van der Waals surface area contributed by atoms with Gasteiger partial charge in [0.2, 0.25) is 5.91 Å². The summed E-state index contributed by atoms with van der Waals surface area (Å²) >= 11 is 5.94. The number of nitrogens with zero attached hydrogens (tertiary/aromatic N) is 1. The van der Waals surface area contributed by atoms with Gasteiger partial charge < -0.3 is 15.5 Å². The highest BCUT2D eigenvalue weighted by atomic mass is 35.5. The highest BCUT2D eigenvalue weighted by Gasteiger charge is 2.12. The van der Waals surface area contributed by atoms with E-state index in [1.807, 2.05) is 0 Å². The average Bonchev–Trinajstić information content (AvgIpc) is 2.59. The molecule has 2 aromatic rings. The molecule has 25 heavy (non-hydrogen) atoms. The van der Waals surface area contributed by atoms with Crippen LogP contribution in [0.4, 0.5) is 5.69 Å². The van der Waals surface area contributed by atoms with Crippen LogP contribution in [-0.2, 0) is 4.79 Å². The third kappa shape index (κ3) is 5.06. The van der Waals surface area contributed by atoms with Gasteiger partial charge in [0.25, 0.3) is 11.8 Å². The Labute approximate surface area is 150 Å². The molecule has 0 aliphatic heterocycles. The van der Waals surface area contributed by atoms with Gasteiger partial charge in [-0.05, 0) is 30.3 Å². The SMILES string of the molecule is CN(C)C(=O)c1cccc(NC(=O)CNC(=O)c2ccccc2Cl)c1. The molecule has 0 saturated carbocycles. The van der Waals surface area contributed by atoms with Gasteiger partial charge in [-0.25, -0.2) is 0 Å². The Hall–Kier alpha value is -2.86. The summed E-state index contributed by atoms with van der Waals surface area (Å²) in [6.07, 6.45) is 0. The summed E-state index contributed by atoms with van der Waals surface area (Å²) < 4.78 is 0. The van der Waals surface area contributed by atoms with Gasteiger partial charge in [-0.2, -0.15) is 0 Å². The van der Waals surface area contributed by atoms with E-state index >= 15 is 0 Å². The summed E-state index contributed by atoms with van der Waals surface area (Å²) in [6, 6.07) is 13.2. The van der Waals surface area contributed by atoms with Crippen LogP contribution in [0.15, 0.2) is 48.5 Å². The Morgan fingerprint density at radius 1 is 1.04 bits per heavy atom. The molecule has 0 spiro atoms. The maximum absolute atomic E-state index is 12.0. The predicted molar refractivity (Wildman–Crippen MR) is 96.9 cm³/mol. The molecule has 2 rings (SSSR count). The molecule has 0 aliphatic rings.